The highest BCUT2D eigenvalue weighted by molar-refractivity contribution is 6.31. The molecule has 2 N–H and O–H groups in total. The molecule has 0 saturated carbocycles. The smallest absolute Gasteiger partial charge is 0.293 e. The molecule has 8 heteroatoms. The van der Waals surface area contributed by atoms with Crippen LogP contribution < -0.4 is 15.4 Å². The standard InChI is InChI=1S/C21H18ClN3O4/c1-29-17-7-4-6-16(12-17)24-21(26)14-9-10-19(20(11-14)25(27)28)23-13-15-5-2-3-8-18(15)22/h2-12,23H,13H2,1H3,(H,24,26). The van der Waals surface area contributed by atoms with Crippen LogP contribution >= 0.6 is 11.6 Å². The molecule has 148 valence electrons. The van der Waals surface area contributed by atoms with Crippen LogP contribution in [0.15, 0.2) is 66.7 Å². The molecule has 0 aliphatic carbocycles. The van der Waals surface area contributed by atoms with Crippen molar-refractivity contribution < 1.29 is 14.5 Å². The molecule has 3 aromatic carbocycles. The maximum atomic E-state index is 12.5. The Balaban J connectivity index is 1.78. The van der Waals surface area contributed by atoms with Gasteiger partial charge in [-0.2, -0.15) is 0 Å². The summed E-state index contributed by atoms with van der Waals surface area (Å²) >= 11 is 6.12. The van der Waals surface area contributed by atoms with Gasteiger partial charge in [0.15, 0.2) is 0 Å². The number of hydrogen-bond donors (Lipinski definition) is 2. The van der Waals surface area contributed by atoms with Crippen LogP contribution in [0.2, 0.25) is 5.02 Å². The number of nitro groups is 1. The van der Waals surface area contributed by atoms with E-state index in [-0.39, 0.29) is 11.3 Å². The molecule has 1 amide bonds. The monoisotopic (exact) mass is 411 g/mol. The van der Waals surface area contributed by atoms with E-state index in [0.29, 0.717) is 28.7 Å². The summed E-state index contributed by atoms with van der Waals surface area (Å²) in [5, 5.41) is 17.8. The first kappa shape index (κ1) is 20.2. The molecule has 0 fully saturated rings. The highest BCUT2D eigenvalue weighted by Gasteiger charge is 2.18. The molecule has 0 unspecified atom stereocenters. The Morgan fingerprint density at radius 3 is 2.62 bits per heavy atom. The number of halogens is 1. The summed E-state index contributed by atoms with van der Waals surface area (Å²) in [6.45, 7) is 0.315. The minimum atomic E-state index is -0.530. The molecule has 0 aliphatic rings. The lowest BCUT2D eigenvalue weighted by Crippen LogP contribution is -2.13. The van der Waals surface area contributed by atoms with Crippen LogP contribution in [0, 0.1) is 10.1 Å². The molecule has 0 aromatic heterocycles. The third-order valence-electron chi connectivity index (χ3n) is 4.21. The second kappa shape index (κ2) is 9.07. The molecule has 0 saturated heterocycles. The average molecular weight is 412 g/mol. The van der Waals surface area contributed by atoms with Gasteiger partial charge >= 0.3 is 0 Å². The SMILES string of the molecule is COc1cccc(NC(=O)c2ccc(NCc3ccccc3Cl)c([N+](=O)[O-])c2)c1. The van der Waals surface area contributed by atoms with Gasteiger partial charge in [0, 0.05) is 35.0 Å². The van der Waals surface area contributed by atoms with Gasteiger partial charge in [-0.25, -0.2) is 0 Å². The summed E-state index contributed by atoms with van der Waals surface area (Å²) in [6.07, 6.45) is 0. The first-order valence-corrected chi connectivity index (χ1v) is 9.07. The lowest BCUT2D eigenvalue weighted by atomic mass is 10.1. The van der Waals surface area contributed by atoms with Gasteiger partial charge in [-0.05, 0) is 35.9 Å². The molecule has 0 spiro atoms. The summed E-state index contributed by atoms with van der Waals surface area (Å²) in [5.74, 6) is 0.131. The number of benzene rings is 3. The highest BCUT2D eigenvalue weighted by atomic mass is 35.5. The lowest BCUT2D eigenvalue weighted by molar-refractivity contribution is -0.384. The fourth-order valence-electron chi connectivity index (χ4n) is 2.71. The quantitative estimate of drug-likeness (QED) is 0.415. The Kier molecular flexibility index (Phi) is 6.31. The molecule has 0 heterocycles. The number of methoxy groups -OCH3 is 1. The van der Waals surface area contributed by atoms with Crippen molar-refractivity contribution in [3.8, 4) is 5.75 Å². The zero-order valence-electron chi connectivity index (χ0n) is 15.5. The Hall–Kier alpha value is -3.58. The number of hydrogen-bond acceptors (Lipinski definition) is 5. The van der Waals surface area contributed by atoms with Crippen molar-refractivity contribution in [2.24, 2.45) is 0 Å². The van der Waals surface area contributed by atoms with Crippen molar-refractivity contribution in [1.82, 2.24) is 0 Å². The van der Waals surface area contributed by atoms with Gasteiger partial charge in [-0.1, -0.05) is 35.9 Å². The second-order valence-corrected chi connectivity index (χ2v) is 6.53. The van der Waals surface area contributed by atoms with E-state index in [4.69, 9.17) is 16.3 Å². The zero-order chi connectivity index (χ0) is 20.8. The Morgan fingerprint density at radius 2 is 1.90 bits per heavy atom. The molecular formula is C21H18ClN3O4. The van der Waals surface area contributed by atoms with E-state index < -0.39 is 10.8 Å². The molecule has 3 aromatic rings. The van der Waals surface area contributed by atoms with Crippen molar-refractivity contribution in [1.29, 1.82) is 0 Å². The van der Waals surface area contributed by atoms with E-state index in [1.54, 1.807) is 30.3 Å². The third-order valence-corrected chi connectivity index (χ3v) is 4.58. The molecule has 29 heavy (non-hydrogen) atoms. The number of amides is 1. The van der Waals surface area contributed by atoms with E-state index in [1.165, 1.54) is 25.3 Å². The van der Waals surface area contributed by atoms with Crippen LogP contribution in [0.5, 0.6) is 5.75 Å². The number of carbonyl (C=O) groups is 1. The van der Waals surface area contributed by atoms with Crippen molar-refractivity contribution in [3.05, 3.63) is 93.0 Å². The molecule has 0 bridgehead atoms. The fourth-order valence-corrected chi connectivity index (χ4v) is 2.91. The summed E-state index contributed by atoms with van der Waals surface area (Å²) in [6, 6.07) is 18.3. The van der Waals surface area contributed by atoms with Crippen molar-refractivity contribution in [2.75, 3.05) is 17.7 Å². The summed E-state index contributed by atoms with van der Waals surface area (Å²) in [7, 11) is 1.53. The van der Waals surface area contributed by atoms with E-state index in [9.17, 15) is 14.9 Å². The van der Waals surface area contributed by atoms with E-state index in [2.05, 4.69) is 10.6 Å². The lowest BCUT2D eigenvalue weighted by Gasteiger charge is -2.10. The first-order valence-electron chi connectivity index (χ1n) is 8.69. The molecule has 0 radical (unpaired) electrons. The fraction of sp³-hybridized carbons (Fsp3) is 0.0952. The Morgan fingerprint density at radius 1 is 1.10 bits per heavy atom. The van der Waals surface area contributed by atoms with Crippen LogP contribution in [0.1, 0.15) is 15.9 Å². The average Bonchev–Trinajstić information content (AvgIpc) is 2.73. The van der Waals surface area contributed by atoms with Crippen molar-refractivity contribution >= 4 is 34.6 Å². The number of nitro benzene ring substituents is 1. The highest BCUT2D eigenvalue weighted by Crippen LogP contribution is 2.28. The Labute approximate surface area is 172 Å². The summed E-state index contributed by atoms with van der Waals surface area (Å²) in [4.78, 5) is 23.5. The Bertz CT molecular complexity index is 1060. The summed E-state index contributed by atoms with van der Waals surface area (Å²) in [5.41, 5.74) is 1.60. The van der Waals surface area contributed by atoms with Crippen molar-refractivity contribution in [2.45, 2.75) is 6.54 Å². The maximum Gasteiger partial charge on any atom is 0.293 e. The second-order valence-electron chi connectivity index (χ2n) is 6.12. The number of anilines is 2. The van der Waals surface area contributed by atoms with Gasteiger partial charge in [-0.3, -0.25) is 14.9 Å². The van der Waals surface area contributed by atoms with Gasteiger partial charge < -0.3 is 15.4 Å². The molecule has 7 nitrogen and oxygen atoms in total. The first-order chi connectivity index (χ1) is 14.0. The zero-order valence-corrected chi connectivity index (χ0v) is 16.3. The van der Waals surface area contributed by atoms with E-state index in [1.807, 2.05) is 18.2 Å². The number of ether oxygens (including phenoxy) is 1. The van der Waals surface area contributed by atoms with Gasteiger partial charge in [0.1, 0.15) is 11.4 Å². The van der Waals surface area contributed by atoms with Crippen LogP contribution in [-0.2, 0) is 6.54 Å². The van der Waals surface area contributed by atoms with Gasteiger partial charge in [0.05, 0.1) is 12.0 Å². The van der Waals surface area contributed by atoms with Gasteiger partial charge in [0.2, 0.25) is 0 Å². The molecule has 3 rings (SSSR count). The topological polar surface area (TPSA) is 93.5 Å². The number of nitrogens with one attached hydrogen (secondary N) is 2. The largest absolute Gasteiger partial charge is 0.497 e. The van der Waals surface area contributed by atoms with Gasteiger partial charge in [-0.15, -0.1) is 0 Å². The predicted molar refractivity (Wildman–Crippen MR) is 113 cm³/mol. The molecule has 0 atom stereocenters. The number of carbonyl (C=O) groups excluding carboxylic acids is 1. The maximum absolute atomic E-state index is 12.5. The molecular weight excluding hydrogens is 394 g/mol. The van der Waals surface area contributed by atoms with Gasteiger partial charge in [0.25, 0.3) is 11.6 Å². The summed E-state index contributed by atoms with van der Waals surface area (Å²) < 4.78 is 5.12. The minimum absolute atomic E-state index is 0.169. The predicted octanol–water partition coefficient (Wildman–Crippen LogP) is 5.12. The normalized spacial score (nSPS) is 10.3. The number of nitrogens with zero attached hydrogens (tertiary/aromatic N) is 1. The number of rotatable bonds is 7. The van der Waals surface area contributed by atoms with E-state index >= 15 is 0 Å². The minimum Gasteiger partial charge on any atom is -0.497 e. The van der Waals surface area contributed by atoms with Crippen LogP contribution in [0.25, 0.3) is 0 Å². The van der Waals surface area contributed by atoms with Crippen molar-refractivity contribution in [3.63, 3.8) is 0 Å². The van der Waals surface area contributed by atoms with Crippen LogP contribution in [-0.4, -0.2) is 17.9 Å². The molecule has 0 aliphatic heterocycles. The van der Waals surface area contributed by atoms with E-state index in [0.717, 1.165) is 5.56 Å². The third kappa shape index (κ3) is 5.03. The van der Waals surface area contributed by atoms with Crippen LogP contribution in [0.3, 0.4) is 0 Å². The van der Waals surface area contributed by atoms with Crippen LogP contribution in [0.4, 0.5) is 17.1 Å².